The molecule has 0 saturated carbocycles. The van der Waals surface area contributed by atoms with E-state index < -0.39 is 5.97 Å². The lowest BCUT2D eigenvalue weighted by molar-refractivity contribution is -0.105. The number of anilines is 1. The Morgan fingerprint density at radius 1 is 1.62 bits per heavy atom. The Morgan fingerprint density at radius 2 is 2.38 bits per heavy atom. The fraction of sp³-hybridized carbons (Fsp3) is 0.273. The van der Waals surface area contributed by atoms with Gasteiger partial charge in [0.2, 0.25) is 6.41 Å². The van der Waals surface area contributed by atoms with Gasteiger partial charge < -0.3 is 15.0 Å². The molecule has 1 rings (SSSR count). The smallest absolute Gasteiger partial charge is 0.354 e. The standard InChI is InChI=1S/C11H14N2O3/c1-3-5-8-6-9(11(15)16-4-2)13-10(8)12-7-14/h3,5-7,13H,4H2,1-2H3,(H,12,14)/b5-3-. The van der Waals surface area contributed by atoms with Crippen LogP contribution in [0.4, 0.5) is 5.82 Å². The summed E-state index contributed by atoms with van der Waals surface area (Å²) in [6.07, 6.45) is 4.15. The molecule has 0 bridgehead atoms. The first-order chi connectivity index (χ1) is 7.72. The molecule has 0 aliphatic heterocycles. The molecule has 1 aromatic rings. The highest BCUT2D eigenvalue weighted by Gasteiger charge is 2.12. The lowest BCUT2D eigenvalue weighted by Crippen LogP contribution is -2.05. The van der Waals surface area contributed by atoms with Crippen molar-refractivity contribution in [2.24, 2.45) is 0 Å². The number of amides is 1. The third-order valence-electron chi connectivity index (χ3n) is 1.89. The maximum Gasteiger partial charge on any atom is 0.354 e. The molecule has 16 heavy (non-hydrogen) atoms. The number of carbonyl (C=O) groups is 2. The SMILES string of the molecule is C/C=C\c1cc(C(=O)OCC)[nH]c1NC=O. The minimum Gasteiger partial charge on any atom is -0.461 e. The molecule has 0 aliphatic rings. The molecule has 0 unspecified atom stereocenters. The fourth-order valence-electron chi connectivity index (χ4n) is 1.28. The Hall–Kier alpha value is -2.04. The molecule has 5 nitrogen and oxygen atoms in total. The van der Waals surface area contributed by atoms with Gasteiger partial charge in [-0.15, -0.1) is 0 Å². The number of allylic oxidation sites excluding steroid dienone is 1. The molecule has 1 aromatic heterocycles. The Balaban J connectivity index is 3.00. The number of hydrogen-bond acceptors (Lipinski definition) is 3. The monoisotopic (exact) mass is 222 g/mol. The van der Waals surface area contributed by atoms with Gasteiger partial charge in [-0.1, -0.05) is 12.2 Å². The van der Waals surface area contributed by atoms with Gasteiger partial charge in [0, 0.05) is 5.56 Å². The number of aromatic nitrogens is 1. The minimum absolute atomic E-state index is 0.313. The molecule has 1 amide bonds. The van der Waals surface area contributed by atoms with Crippen molar-refractivity contribution in [2.45, 2.75) is 13.8 Å². The lowest BCUT2D eigenvalue weighted by atomic mass is 10.2. The van der Waals surface area contributed by atoms with Crippen LogP contribution in [0, 0.1) is 0 Å². The predicted molar refractivity (Wildman–Crippen MR) is 61.1 cm³/mol. The van der Waals surface area contributed by atoms with E-state index in [1.54, 1.807) is 19.1 Å². The molecule has 0 saturated heterocycles. The van der Waals surface area contributed by atoms with Crippen molar-refractivity contribution in [1.82, 2.24) is 4.98 Å². The molecule has 2 N–H and O–H groups in total. The normalized spacial score (nSPS) is 10.4. The van der Waals surface area contributed by atoms with Crippen LogP contribution >= 0.6 is 0 Å². The molecular formula is C11H14N2O3. The highest BCUT2D eigenvalue weighted by Crippen LogP contribution is 2.18. The van der Waals surface area contributed by atoms with Crippen LogP contribution in [0.2, 0.25) is 0 Å². The highest BCUT2D eigenvalue weighted by molar-refractivity contribution is 5.91. The van der Waals surface area contributed by atoms with Crippen LogP contribution in [-0.2, 0) is 9.53 Å². The van der Waals surface area contributed by atoms with Crippen LogP contribution in [0.15, 0.2) is 12.1 Å². The Morgan fingerprint density at radius 3 is 2.94 bits per heavy atom. The Kier molecular flexibility index (Phi) is 4.32. The number of H-pyrrole nitrogens is 1. The van der Waals surface area contributed by atoms with Crippen molar-refractivity contribution in [3.8, 4) is 0 Å². The second-order valence-corrected chi connectivity index (χ2v) is 3.00. The highest BCUT2D eigenvalue weighted by atomic mass is 16.5. The van der Waals surface area contributed by atoms with E-state index in [9.17, 15) is 9.59 Å². The van der Waals surface area contributed by atoms with Gasteiger partial charge >= 0.3 is 5.97 Å². The molecule has 0 spiro atoms. The Labute approximate surface area is 93.5 Å². The summed E-state index contributed by atoms with van der Waals surface area (Å²) < 4.78 is 4.84. The van der Waals surface area contributed by atoms with Gasteiger partial charge in [0.15, 0.2) is 0 Å². The molecule has 0 radical (unpaired) electrons. The maximum absolute atomic E-state index is 11.4. The Bertz CT molecular complexity index is 407. The van der Waals surface area contributed by atoms with Crippen LogP contribution in [0.1, 0.15) is 29.9 Å². The zero-order chi connectivity index (χ0) is 12.0. The molecule has 0 aliphatic carbocycles. The summed E-state index contributed by atoms with van der Waals surface area (Å²) in [7, 11) is 0. The first-order valence-corrected chi connectivity index (χ1v) is 4.96. The van der Waals surface area contributed by atoms with E-state index in [0.717, 1.165) is 5.56 Å². The summed E-state index contributed by atoms with van der Waals surface area (Å²) in [6.45, 7) is 3.90. The average molecular weight is 222 g/mol. The van der Waals surface area contributed by atoms with Crippen LogP contribution in [0.3, 0.4) is 0 Å². The molecule has 1 heterocycles. The maximum atomic E-state index is 11.4. The summed E-state index contributed by atoms with van der Waals surface area (Å²) in [4.78, 5) is 24.6. The molecule has 0 fully saturated rings. The number of ether oxygens (including phenoxy) is 1. The molecule has 5 heteroatoms. The predicted octanol–water partition coefficient (Wildman–Crippen LogP) is 1.79. The van der Waals surface area contributed by atoms with Crippen molar-refractivity contribution >= 4 is 24.3 Å². The van der Waals surface area contributed by atoms with Crippen molar-refractivity contribution in [3.63, 3.8) is 0 Å². The van der Waals surface area contributed by atoms with Gasteiger partial charge in [-0.25, -0.2) is 4.79 Å². The van der Waals surface area contributed by atoms with Crippen molar-refractivity contribution in [1.29, 1.82) is 0 Å². The first kappa shape index (κ1) is 12.0. The number of esters is 1. The summed E-state index contributed by atoms with van der Waals surface area (Å²) in [5.74, 6) is 0.0448. The second kappa shape index (κ2) is 5.75. The van der Waals surface area contributed by atoms with E-state index in [1.165, 1.54) is 0 Å². The van der Waals surface area contributed by atoms with E-state index in [4.69, 9.17) is 4.74 Å². The summed E-state index contributed by atoms with van der Waals surface area (Å²) in [6, 6.07) is 1.63. The zero-order valence-electron chi connectivity index (χ0n) is 9.24. The van der Waals surface area contributed by atoms with Crippen LogP contribution in [-0.4, -0.2) is 24.0 Å². The zero-order valence-corrected chi connectivity index (χ0v) is 9.24. The van der Waals surface area contributed by atoms with Gasteiger partial charge in [-0.3, -0.25) is 4.79 Å². The van der Waals surface area contributed by atoms with Crippen molar-refractivity contribution in [3.05, 3.63) is 23.4 Å². The average Bonchev–Trinajstić information content (AvgIpc) is 2.64. The van der Waals surface area contributed by atoms with E-state index >= 15 is 0 Å². The van der Waals surface area contributed by atoms with E-state index in [-0.39, 0.29) is 0 Å². The van der Waals surface area contributed by atoms with Gasteiger partial charge in [-0.05, 0) is 19.9 Å². The second-order valence-electron chi connectivity index (χ2n) is 3.00. The van der Waals surface area contributed by atoms with Gasteiger partial charge in [0.25, 0.3) is 0 Å². The van der Waals surface area contributed by atoms with Crippen LogP contribution < -0.4 is 5.32 Å². The summed E-state index contributed by atoms with van der Waals surface area (Å²) in [5.41, 5.74) is 1.05. The quantitative estimate of drug-likeness (QED) is 0.589. The van der Waals surface area contributed by atoms with Crippen LogP contribution in [0.5, 0.6) is 0 Å². The van der Waals surface area contributed by atoms with E-state index in [1.807, 2.05) is 13.0 Å². The molecular weight excluding hydrogens is 208 g/mol. The third-order valence-corrected chi connectivity index (χ3v) is 1.89. The number of hydrogen-bond donors (Lipinski definition) is 2. The van der Waals surface area contributed by atoms with Crippen LogP contribution in [0.25, 0.3) is 6.08 Å². The largest absolute Gasteiger partial charge is 0.461 e. The van der Waals surface area contributed by atoms with Gasteiger partial charge in [0.05, 0.1) is 6.61 Å². The number of rotatable bonds is 5. The fourth-order valence-corrected chi connectivity index (χ4v) is 1.28. The number of carbonyl (C=O) groups excluding carboxylic acids is 2. The van der Waals surface area contributed by atoms with E-state index in [2.05, 4.69) is 10.3 Å². The van der Waals surface area contributed by atoms with E-state index in [0.29, 0.717) is 24.5 Å². The minimum atomic E-state index is -0.438. The third kappa shape index (κ3) is 2.73. The molecule has 86 valence electrons. The lowest BCUT2D eigenvalue weighted by Gasteiger charge is -1.97. The van der Waals surface area contributed by atoms with Crippen molar-refractivity contribution < 1.29 is 14.3 Å². The van der Waals surface area contributed by atoms with Gasteiger partial charge in [0.1, 0.15) is 11.5 Å². The first-order valence-electron chi connectivity index (χ1n) is 4.96. The molecule has 0 aromatic carbocycles. The summed E-state index contributed by atoms with van der Waals surface area (Å²) in [5, 5.41) is 2.48. The number of aromatic amines is 1. The number of nitrogens with one attached hydrogen (secondary N) is 2. The topological polar surface area (TPSA) is 71.2 Å². The van der Waals surface area contributed by atoms with Gasteiger partial charge in [-0.2, -0.15) is 0 Å². The summed E-state index contributed by atoms with van der Waals surface area (Å²) >= 11 is 0. The van der Waals surface area contributed by atoms with Crippen molar-refractivity contribution in [2.75, 3.05) is 11.9 Å². The molecule has 0 atom stereocenters.